The van der Waals surface area contributed by atoms with Gasteiger partial charge in [0.2, 0.25) is 0 Å². The van der Waals surface area contributed by atoms with Gasteiger partial charge in [-0.05, 0) is 51.9 Å². The van der Waals surface area contributed by atoms with E-state index in [0.717, 1.165) is 32.1 Å². The van der Waals surface area contributed by atoms with E-state index in [9.17, 15) is 9.59 Å². The SMILES string of the molecule is CCCC(C(=O)OCC)C(=O)C1(OCC)CCC(C)CC1. The maximum atomic E-state index is 13.0. The lowest BCUT2D eigenvalue weighted by molar-refractivity contribution is -0.165. The highest BCUT2D eigenvalue weighted by molar-refractivity contribution is 6.03. The van der Waals surface area contributed by atoms with Crippen LogP contribution >= 0.6 is 0 Å². The molecule has 0 aromatic heterocycles. The molecule has 0 saturated heterocycles. The van der Waals surface area contributed by atoms with Gasteiger partial charge in [-0.1, -0.05) is 20.3 Å². The molecule has 1 fully saturated rings. The van der Waals surface area contributed by atoms with Crippen LogP contribution in [-0.4, -0.2) is 30.6 Å². The third-order valence-electron chi connectivity index (χ3n) is 4.42. The average Bonchev–Trinajstić information content (AvgIpc) is 2.47. The number of ether oxygens (including phenoxy) is 2. The minimum Gasteiger partial charge on any atom is -0.465 e. The lowest BCUT2D eigenvalue weighted by Crippen LogP contribution is -2.49. The molecule has 122 valence electrons. The van der Waals surface area contributed by atoms with Crippen LogP contribution < -0.4 is 0 Å². The van der Waals surface area contributed by atoms with Gasteiger partial charge in [0.15, 0.2) is 5.78 Å². The smallest absolute Gasteiger partial charge is 0.316 e. The van der Waals surface area contributed by atoms with E-state index in [1.807, 2.05) is 13.8 Å². The normalized spacial score (nSPS) is 27.1. The fourth-order valence-electron chi connectivity index (χ4n) is 3.17. The molecule has 4 nitrogen and oxygen atoms in total. The fourth-order valence-corrected chi connectivity index (χ4v) is 3.17. The number of esters is 1. The van der Waals surface area contributed by atoms with Gasteiger partial charge in [-0.3, -0.25) is 9.59 Å². The molecule has 1 saturated carbocycles. The summed E-state index contributed by atoms with van der Waals surface area (Å²) in [6.45, 7) is 8.68. The first-order valence-corrected chi connectivity index (χ1v) is 8.35. The molecule has 1 aliphatic rings. The summed E-state index contributed by atoms with van der Waals surface area (Å²) in [4.78, 5) is 25.1. The highest BCUT2D eigenvalue weighted by Crippen LogP contribution is 2.38. The molecule has 0 aliphatic heterocycles. The summed E-state index contributed by atoms with van der Waals surface area (Å²) in [5.74, 6) is -0.493. The molecular weight excluding hydrogens is 268 g/mol. The van der Waals surface area contributed by atoms with Crippen molar-refractivity contribution in [2.75, 3.05) is 13.2 Å². The van der Waals surface area contributed by atoms with E-state index in [-0.39, 0.29) is 11.8 Å². The number of Topliss-reactive ketones (excluding diaryl/α,β-unsaturated/α-hetero) is 1. The van der Waals surface area contributed by atoms with Crippen molar-refractivity contribution >= 4 is 11.8 Å². The highest BCUT2D eigenvalue weighted by Gasteiger charge is 2.46. The first-order chi connectivity index (χ1) is 10.0. The number of ketones is 1. The molecule has 0 bridgehead atoms. The van der Waals surface area contributed by atoms with Crippen molar-refractivity contribution in [2.45, 2.75) is 71.8 Å². The van der Waals surface area contributed by atoms with E-state index in [2.05, 4.69) is 6.92 Å². The van der Waals surface area contributed by atoms with Crippen LogP contribution in [0.3, 0.4) is 0 Å². The van der Waals surface area contributed by atoms with Gasteiger partial charge in [-0.15, -0.1) is 0 Å². The zero-order chi connectivity index (χ0) is 15.9. The summed E-state index contributed by atoms with van der Waals surface area (Å²) < 4.78 is 11.0. The Bertz CT molecular complexity index is 343. The van der Waals surface area contributed by atoms with Crippen LogP contribution in [0.25, 0.3) is 0 Å². The van der Waals surface area contributed by atoms with Crippen LogP contribution in [0.15, 0.2) is 0 Å². The molecular formula is C17H30O4. The van der Waals surface area contributed by atoms with Gasteiger partial charge in [-0.2, -0.15) is 0 Å². The van der Waals surface area contributed by atoms with Crippen molar-refractivity contribution in [3.8, 4) is 0 Å². The van der Waals surface area contributed by atoms with E-state index >= 15 is 0 Å². The fraction of sp³-hybridized carbons (Fsp3) is 0.882. The Hall–Kier alpha value is -0.900. The Labute approximate surface area is 128 Å². The second-order valence-corrected chi connectivity index (χ2v) is 6.07. The maximum absolute atomic E-state index is 13.0. The lowest BCUT2D eigenvalue weighted by Gasteiger charge is -2.39. The monoisotopic (exact) mass is 298 g/mol. The van der Waals surface area contributed by atoms with Crippen LogP contribution in [0.5, 0.6) is 0 Å². The van der Waals surface area contributed by atoms with Crippen molar-refractivity contribution in [3.63, 3.8) is 0 Å². The van der Waals surface area contributed by atoms with Gasteiger partial charge in [0.25, 0.3) is 0 Å². The van der Waals surface area contributed by atoms with Gasteiger partial charge in [0, 0.05) is 6.61 Å². The zero-order valence-electron chi connectivity index (χ0n) is 13.9. The highest BCUT2D eigenvalue weighted by atomic mass is 16.5. The average molecular weight is 298 g/mol. The number of rotatable bonds is 8. The number of carbonyl (C=O) groups excluding carboxylic acids is 2. The largest absolute Gasteiger partial charge is 0.465 e. The summed E-state index contributed by atoms with van der Waals surface area (Å²) in [6.07, 6.45) is 4.73. The first kappa shape index (κ1) is 18.1. The van der Waals surface area contributed by atoms with Crippen LogP contribution in [0, 0.1) is 11.8 Å². The molecule has 1 rings (SSSR count). The molecule has 1 atom stereocenters. The lowest BCUT2D eigenvalue weighted by atomic mass is 9.73. The van der Waals surface area contributed by atoms with Crippen LogP contribution in [0.4, 0.5) is 0 Å². The number of hydrogen-bond acceptors (Lipinski definition) is 4. The van der Waals surface area contributed by atoms with E-state index in [1.54, 1.807) is 6.92 Å². The second-order valence-electron chi connectivity index (χ2n) is 6.07. The van der Waals surface area contributed by atoms with Crippen molar-refractivity contribution in [1.82, 2.24) is 0 Å². The molecule has 0 aromatic rings. The topological polar surface area (TPSA) is 52.6 Å². The maximum Gasteiger partial charge on any atom is 0.316 e. The summed E-state index contributed by atoms with van der Waals surface area (Å²) in [5, 5.41) is 0. The van der Waals surface area contributed by atoms with E-state index in [0.29, 0.717) is 25.6 Å². The predicted octanol–water partition coefficient (Wildman–Crippen LogP) is 3.52. The van der Waals surface area contributed by atoms with Gasteiger partial charge in [0.05, 0.1) is 6.61 Å². The molecule has 0 amide bonds. The summed E-state index contributed by atoms with van der Waals surface area (Å²) in [7, 11) is 0. The van der Waals surface area contributed by atoms with E-state index in [4.69, 9.17) is 9.47 Å². The van der Waals surface area contributed by atoms with Crippen molar-refractivity contribution in [1.29, 1.82) is 0 Å². The third-order valence-corrected chi connectivity index (χ3v) is 4.42. The Kier molecular flexibility index (Phi) is 7.36. The van der Waals surface area contributed by atoms with Gasteiger partial charge in [0.1, 0.15) is 11.5 Å². The summed E-state index contributed by atoms with van der Waals surface area (Å²) in [5.41, 5.74) is -0.770. The van der Waals surface area contributed by atoms with Crippen LogP contribution in [0.2, 0.25) is 0 Å². The van der Waals surface area contributed by atoms with Crippen molar-refractivity contribution in [3.05, 3.63) is 0 Å². The summed E-state index contributed by atoms with van der Waals surface area (Å²) >= 11 is 0. The van der Waals surface area contributed by atoms with Gasteiger partial charge < -0.3 is 9.47 Å². The molecule has 0 spiro atoms. The Morgan fingerprint density at radius 1 is 1.14 bits per heavy atom. The minimum atomic E-state index is -0.770. The molecule has 21 heavy (non-hydrogen) atoms. The molecule has 0 radical (unpaired) electrons. The predicted molar refractivity (Wildman–Crippen MR) is 82.0 cm³/mol. The molecule has 0 aromatic carbocycles. The van der Waals surface area contributed by atoms with E-state index < -0.39 is 11.5 Å². The van der Waals surface area contributed by atoms with E-state index in [1.165, 1.54) is 0 Å². The number of carbonyl (C=O) groups is 2. The summed E-state index contributed by atoms with van der Waals surface area (Å²) in [6, 6.07) is 0. The van der Waals surface area contributed by atoms with Crippen molar-refractivity contribution in [2.24, 2.45) is 11.8 Å². The van der Waals surface area contributed by atoms with Crippen LogP contribution in [0.1, 0.15) is 66.2 Å². The number of hydrogen-bond donors (Lipinski definition) is 0. The van der Waals surface area contributed by atoms with Gasteiger partial charge >= 0.3 is 5.97 Å². The first-order valence-electron chi connectivity index (χ1n) is 8.35. The minimum absolute atomic E-state index is 0.0587. The molecule has 0 N–H and O–H groups in total. The molecule has 0 heterocycles. The van der Waals surface area contributed by atoms with Crippen molar-refractivity contribution < 1.29 is 19.1 Å². The second kappa shape index (κ2) is 8.52. The molecule has 4 heteroatoms. The molecule has 1 aliphatic carbocycles. The quantitative estimate of drug-likeness (QED) is 0.508. The Morgan fingerprint density at radius 3 is 2.24 bits per heavy atom. The van der Waals surface area contributed by atoms with Crippen LogP contribution in [-0.2, 0) is 19.1 Å². The Balaban J connectivity index is 2.93. The standard InChI is InChI=1S/C17H30O4/c1-5-8-14(16(19)20-6-2)15(18)17(21-7-3)11-9-13(4)10-12-17/h13-14H,5-12H2,1-4H3. The zero-order valence-corrected chi connectivity index (χ0v) is 13.9. The third kappa shape index (κ3) is 4.53. The van der Waals surface area contributed by atoms with Gasteiger partial charge in [-0.25, -0.2) is 0 Å². The molecule has 1 unspecified atom stereocenters. The Morgan fingerprint density at radius 2 is 1.76 bits per heavy atom.